The summed E-state index contributed by atoms with van der Waals surface area (Å²) in [6.07, 6.45) is 2.99. The Bertz CT molecular complexity index is 491. The Hall–Kier alpha value is -1.09. The van der Waals surface area contributed by atoms with Crippen molar-refractivity contribution < 1.29 is 37.9 Å². The first-order valence-corrected chi connectivity index (χ1v) is 8.52. The monoisotopic (exact) mass is 308 g/mol. The standard InChI is InChI=1S/C11H13ClO6S/c1-8(11(13)14)9-4-6-10(7-5-9)19(2,3)18-12(15,16)17/h4-7H,1H2,2-3H3,(H,13,14). The Morgan fingerprint density at radius 1 is 1.26 bits per heavy atom. The molecular weight excluding hydrogens is 296 g/mol. The second kappa shape index (κ2) is 5.49. The molecule has 1 aromatic rings. The zero-order valence-electron chi connectivity index (χ0n) is 10.3. The fourth-order valence-corrected chi connectivity index (χ4v) is 3.96. The van der Waals surface area contributed by atoms with Gasteiger partial charge in [-0.1, -0.05) is 18.7 Å². The average Bonchev–Trinajstić information content (AvgIpc) is 2.25. The molecule has 0 unspecified atom stereocenters. The minimum absolute atomic E-state index is 0.0742. The molecule has 8 heteroatoms. The summed E-state index contributed by atoms with van der Waals surface area (Å²) < 4.78 is 36.3. The molecule has 19 heavy (non-hydrogen) atoms. The van der Waals surface area contributed by atoms with Crippen LogP contribution in [-0.2, 0) is 8.53 Å². The van der Waals surface area contributed by atoms with Gasteiger partial charge in [-0.3, -0.25) is 0 Å². The number of benzene rings is 1. The van der Waals surface area contributed by atoms with Gasteiger partial charge in [0.2, 0.25) is 0 Å². The van der Waals surface area contributed by atoms with Gasteiger partial charge in [-0.2, -0.15) is 14.0 Å². The van der Waals surface area contributed by atoms with E-state index in [4.69, 9.17) is 5.11 Å². The number of hydrogen-bond donors (Lipinski definition) is 1. The number of halogens is 1. The number of carbonyl (C=O) groups is 1. The molecule has 0 saturated heterocycles. The first kappa shape index (κ1) is 16.0. The molecule has 1 aromatic carbocycles. The van der Waals surface area contributed by atoms with E-state index in [9.17, 15) is 18.8 Å². The summed E-state index contributed by atoms with van der Waals surface area (Å²) in [5, 5.41) is 8.78. The van der Waals surface area contributed by atoms with Crippen molar-refractivity contribution in [3.63, 3.8) is 0 Å². The molecule has 0 spiro atoms. The van der Waals surface area contributed by atoms with Gasteiger partial charge in [-0.05, 0) is 17.7 Å². The fraction of sp³-hybridized carbons (Fsp3) is 0.182. The van der Waals surface area contributed by atoms with Crippen molar-refractivity contribution in [1.29, 1.82) is 0 Å². The lowest BCUT2D eigenvalue weighted by Crippen LogP contribution is -2.61. The summed E-state index contributed by atoms with van der Waals surface area (Å²) in [6, 6.07) is 6.00. The van der Waals surface area contributed by atoms with Crippen LogP contribution in [0.1, 0.15) is 5.56 Å². The first-order valence-electron chi connectivity index (χ1n) is 4.91. The maximum absolute atomic E-state index is 10.7. The van der Waals surface area contributed by atoms with Gasteiger partial charge in [0.05, 0.1) is 15.8 Å². The number of carboxylic acids is 1. The molecule has 0 fully saturated rings. The highest BCUT2D eigenvalue weighted by atomic mass is 35.7. The van der Waals surface area contributed by atoms with Crippen LogP contribution in [0.5, 0.6) is 0 Å². The molecule has 0 amide bonds. The lowest BCUT2D eigenvalue weighted by atomic mass is 10.1. The number of aliphatic carboxylic acids is 1. The molecule has 0 aromatic heterocycles. The minimum Gasteiger partial charge on any atom is -0.478 e. The quantitative estimate of drug-likeness (QED) is 0.700. The molecule has 0 aliphatic heterocycles. The van der Waals surface area contributed by atoms with E-state index in [1.807, 2.05) is 0 Å². The summed E-state index contributed by atoms with van der Waals surface area (Å²) in [7, 11) is -6.79. The zero-order chi connectivity index (χ0) is 14.8. The highest BCUT2D eigenvalue weighted by Crippen LogP contribution is 2.51. The molecule has 106 valence electrons. The summed E-state index contributed by atoms with van der Waals surface area (Å²) in [5.41, 5.74) is 0.323. The molecule has 0 aliphatic carbocycles. The van der Waals surface area contributed by atoms with E-state index < -0.39 is 26.5 Å². The maximum atomic E-state index is 10.7. The van der Waals surface area contributed by atoms with Crippen molar-refractivity contribution in [3.05, 3.63) is 36.4 Å². The number of hydrogen-bond acceptors (Lipinski definition) is 5. The Morgan fingerprint density at radius 3 is 2.11 bits per heavy atom. The van der Waals surface area contributed by atoms with Crippen molar-refractivity contribution in [3.8, 4) is 0 Å². The van der Waals surface area contributed by atoms with Gasteiger partial charge in [-0.25, -0.2) is 4.79 Å². The van der Waals surface area contributed by atoms with Crippen LogP contribution in [-0.4, -0.2) is 23.6 Å². The number of carboxylic acid groups (broad SMARTS) is 1. The molecule has 0 heterocycles. The third-order valence-electron chi connectivity index (χ3n) is 2.26. The molecule has 0 bridgehead atoms. The first-order chi connectivity index (χ1) is 8.53. The van der Waals surface area contributed by atoms with Gasteiger partial charge < -0.3 is 5.11 Å². The van der Waals surface area contributed by atoms with E-state index in [1.165, 1.54) is 36.8 Å². The predicted octanol–water partition coefficient (Wildman–Crippen LogP) is -0.964. The second-order valence-electron chi connectivity index (χ2n) is 3.98. The van der Waals surface area contributed by atoms with Crippen LogP contribution < -0.4 is 14.0 Å². The van der Waals surface area contributed by atoms with Crippen LogP contribution >= 0.6 is 10.3 Å². The summed E-state index contributed by atoms with van der Waals surface area (Å²) >= 11 is 0. The Kier molecular flexibility index (Phi) is 4.62. The summed E-state index contributed by atoms with van der Waals surface area (Å²) in [4.78, 5) is 11.2. The van der Waals surface area contributed by atoms with E-state index >= 15 is 0 Å². The Morgan fingerprint density at radius 2 is 1.74 bits per heavy atom. The van der Waals surface area contributed by atoms with Crippen LogP contribution in [0.15, 0.2) is 35.7 Å². The Balaban J connectivity index is 2.98. The molecule has 0 atom stereocenters. The van der Waals surface area contributed by atoms with Gasteiger partial charge in [0.15, 0.2) is 0 Å². The van der Waals surface area contributed by atoms with Crippen molar-refractivity contribution in [1.82, 2.24) is 0 Å². The van der Waals surface area contributed by atoms with E-state index in [1.54, 1.807) is 0 Å². The summed E-state index contributed by atoms with van der Waals surface area (Å²) in [6.45, 7) is 3.40. The van der Waals surface area contributed by atoms with Crippen molar-refractivity contribution in [2.45, 2.75) is 4.90 Å². The predicted molar refractivity (Wildman–Crippen MR) is 61.9 cm³/mol. The van der Waals surface area contributed by atoms with Crippen LogP contribution in [0.2, 0.25) is 0 Å². The van der Waals surface area contributed by atoms with Crippen LogP contribution in [0, 0.1) is 10.2 Å². The van der Waals surface area contributed by atoms with Gasteiger partial charge in [0.25, 0.3) is 0 Å². The van der Waals surface area contributed by atoms with Gasteiger partial charge in [-0.15, -0.1) is 0 Å². The topological polar surface area (TPSA) is 116 Å². The Labute approximate surface area is 114 Å². The highest BCUT2D eigenvalue weighted by Gasteiger charge is 2.33. The fourth-order valence-electron chi connectivity index (χ4n) is 1.34. The lowest BCUT2D eigenvalue weighted by Gasteiger charge is -2.26. The van der Waals surface area contributed by atoms with Crippen LogP contribution in [0.4, 0.5) is 0 Å². The maximum Gasteiger partial charge on any atom is 0.335 e. The lowest BCUT2D eigenvalue weighted by molar-refractivity contribution is -1.91. The molecule has 1 N–H and O–H groups in total. The SMILES string of the molecule is C=C(C(=O)O)c1ccc(S(C)(C)O[Cl+3]([O-])([O-])[O-])cc1. The van der Waals surface area contributed by atoms with Gasteiger partial charge >= 0.3 is 5.97 Å². The molecule has 0 saturated carbocycles. The van der Waals surface area contributed by atoms with Gasteiger partial charge in [0.1, 0.15) is 3.74 Å². The van der Waals surface area contributed by atoms with Crippen LogP contribution in [0.25, 0.3) is 5.57 Å². The van der Waals surface area contributed by atoms with E-state index in [2.05, 4.69) is 10.3 Å². The zero-order valence-corrected chi connectivity index (χ0v) is 11.9. The van der Waals surface area contributed by atoms with Crippen molar-refractivity contribution >= 4 is 21.9 Å². The highest BCUT2D eigenvalue weighted by molar-refractivity contribution is 8.28. The third kappa shape index (κ3) is 4.50. The average molecular weight is 309 g/mol. The molecule has 0 radical (unpaired) electrons. The molecular formula is C11H13ClO6S. The van der Waals surface area contributed by atoms with E-state index in [0.717, 1.165) is 0 Å². The van der Waals surface area contributed by atoms with E-state index in [-0.39, 0.29) is 5.57 Å². The van der Waals surface area contributed by atoms with Gasteiger partial charge in [0, 0.05) is 27.7 Å². The second-order valence-corrected chi connectivity index (χ2v) is 8.18. The largest absolute Gasteiger partial charge is 0.478 e. The summed E-state index contributed by atoms with van der Waals surface area (Å²) in [5.74, 6) is -1.14. The van der Waals surface area contributed by atoms with Crippen molar-refractivity contribution in [2.24, 2.45) is 0 Å². The van der Waals surface area contributed by atoms with Crippen LogP contribution in [0.3, 0.4) is 0 Å². The smallest absolute Gasteiger partial charge is 0.335 e. The third-order valence-corrected chi connectivity index (χ3v) is 5.55. The molecule has 6 nitrogen and oxygen atoms in total. The normalized spacial score (nSPS) is 13.1. The molecule has 1 rings (SSSR count). The molecule has 0 aliphatic rings. The van der Waals surface area contributed by atoms with Crippen molar-refractivity contribution in [2.75, 3.05) is 12.5 Å². The minimum atomic E-state index is -4.52. The number of rotatable bonds is 5. The van der Waals surface area contributed by atoms with E-state index in [0.29, 0.717) is 10.5 Å².